The highest BCUT2D eigenvalue weighted by Gasteiger charge is 2.35. The molecule has 8 nitrogen and oxygen atoms in total. The summed E-state index contributed by atoms with van der Waals surface area (Å²) in [7, 11) is -3.75. The molecule has 3 rings (SSSR count). The average Bonchev–Trinajstić information content (AvgIpc) is 3.25. The summed E-state index contributed by atoms with van der Waals surface area (Å²) in [5.41, 5.74) is 0.743. The Morgan fingerprint density at radius 3 is 2.63 bits per heavy atom. The number of hydrogen-bond donors (Lipinski definition) is 2. The Morgan fingerprint density at radius 1 is 1.33 bits per heavy atom. The number of sulfonamides is 1. The van der Waals surface area contributed by atoms with Gasteiger partial charge in [-0.25, -0.2) is 13.6 Å². The van der Waals surface area contributed by atoms with Crippen molar-refractivity contribution < 1.29 is 22.4 Å². The fourth-order valence-electron chi connectivity index (χ4n) is 3.05. The van der Waals surface area contributed by atoms with Gasteiger partial charge in [0, 0.05) is 13.0 Å². The molecule has 1 aromatic carbocycles. The van der Waals surface area contributed by atoms with E-state index in [4.69, 9.17) is 9.56 Å². The molecular weight excluding hydrogens is 370 g/mol. The minimum absolute atomic E-state index is 0.0136. The lowest BCUT2D eigenvalue weighted by molar-refractivity contribution is -0.129. The minimum atomic E-state index is -3.75. The third-order valence-electron chi connectivity index (χ3n) is 4.58. The summed E-state index contributed by atoms with van der Waals surface area (Å²) >= 11 is 0. The van der Waals surface area contributed by atoms with Crippen LogP contribution in [0.25, 0.3) is 0 Å². The van der Waals surface area contributed by atoms with Crippen LogP contribution in [0.4, 0.5) is 0 Å². The molecule has 0 aliphatic carbocycles. The molecule has 2 amide bonds. The fraction of sp³-hybridized carbons (Fsp3) is 0.333. The lowest BCUT2D eigenvalue weighted by atomic mass is 10.1. The van der Waals surface area contributed by atoms with E-state index < -0.39 is 15.9 Å². The number of nitrogens with two attached hydrogens (primary N) is 1. The van der Waals surface area contributed by atoms with Crippen molar-refractivity contribution in [2.45, 2.75) is 30.8 Å². The third-order valence-corrected chi connectivity index (χ3v) is 5.51. The van der Waals surface area contributed by atoms with Crippen LogP contribution < -0.4 is 10.5 Å². The third kappa shape index (κ3) is 4.55. The van der Waals surface area contributed by atoms with Crippen LogP contribution in [-0.2, 0) is 26.2 Å². The van der Waals surface area contributed by atoms with Crippen LogP contribution >= 0.6 is 0 Å². The van der Waals surface area contributed by atoms with Crippen LogP contribution in [0.5, 0.6) is 0 Å². The van der Waals surface area contributed by atoms with E-state index in [1.165, 1.54) is 12.1 Å². The number of hydrogen-bond acceptors (Lipinski definition) is 5. The van der Waals surface area contributed by atoms with Gasteiger partial charge < -0.3 is 14.6 Å². The highest BCUT2D eigenvalue weighted by molar-refractivity contribution is 7.89. The van der Waals surface area contributed by atoms with Crippen LogP contribution in [-0.4, -0.2) is 31.7 Å². The summed E-state index contributed by atoms with van der Waals surface area (Å²) in [5, 5.41) is 7.95. The number of furan rings is 1. The highest BCUT2D eigenvalue weighted by atomic mass is 32.2. The quantitative estimate of drug-likeness (QED) is 0.765. The molecule has 1 saturated heterocycles. The Labute approximate surface area is 157 Å². The number of primary sulfonamides is 1. The summed E-state index contributed by atoms with van der Waals surface area (Å²) in [6.07, 6.45) is 1.70. The van der Waals surface area contributed by atoms with Crippen LogP contribution in [0.2, 0.25) is 0 Å². The maximum absolute atomic E-state index is 12.5. The number of rotatable bonds is 6. The number of likely N-dealkylation sites (tertiary alicyclic amines) is 1. The molecule has 1 aliphatic rings. The predicted octanol–water partition coefficient (Wildman–Crippen LogP) is 1.15. The van der Waals surface area contributed by atoms with E-state index in [-0.39, 0.29) is 29.2 Å². The zero-order valence-corrected chi connectivity index (χ0v) is 15.6. The van der Waals surface area contributed by atoms with E-state index in [1.807, 2.05) is 0 Å². The molecule has 2 aromatic rings. The summed E-state index contributed by atoms with van der Waals surface area (Å²) < 4.78 is 27.9. The molecule has 0 radical (unpaired) electrons. The normalized spacial score (nSPS) is 18.5. The first kappa shape index (κ1) is 19.1. The summed E-state index contributed by atoms with van der Waals surface area (Å²) in [5.74, 6) is -0.0589. The van der Waals surface area contributed by atoms with Crippen molar-refractivity contribution in [2.24, 2.45) is 11.1 Å². The van der Waals surface area contributed by atoms with Gasteiger partial charge in [0.05, 0.1) is 29.7 Å². The molecule has 1 aromatic heterocycles. The molecule has 144 valence electrons. The zero-order valence-electron chi connectivity index (χ0n) is 14.8. The number of nitrogens with zero attached hydrogens (tertiary/aromatic N) is 1. The van der Waals surface area contributed by atoms with E-state index in [9.17, 15) is 18.0 Å². The minimum Gasteiger partial charge on any atom is -0.467 e. The summed E-state index contributed by atoms with van der Waals surface area (Å²) in [6, 6.07) is 9.22. The first-order valence-electron chi connectivity index (χ1n) is 8.47. The lowest BCUT2D eigenvalue weighted by Crippen LogP contribution is -2.34. The molecule has 0 bridgehead atoms. The largest absolute Gasteiger partial charge is 0.467 e. The van der Waals surface area contributed by atoms with Gasteiger partial charge in [-0.3, -0.25) is 9.59 Å². The van der Waals surface area contributed by atoms with Crippen LogP contribution in [0, 0.1) is 5.92 Å². The van der Waals surface area contributed by atoms with Crippen molar-refractivity contribution in [1.82, 2.24) is 10.2 Å². The second-order valence-corrected chi connectivity index (χ2v) is 8.16. The molecule has 3 N–H and O–H groups in total. The Balaban J connectivity index is 1.59. The first-order valence-corrected chi connectivity index (χ1v) is 10.0. The molecule has 9 heteroatoms. The Bertz CT molecular complexity index is 922. The molecule has 0 saturated carbocycles. The number of amides is 2. The van der Waals surface area contributed by atoms with Gasteiger partial charge in [-0.2, -0.15) is 0 Å². The molecule has 2 unspecified atom stereocenters. The van der Waals surface area contributed by atoms with Crippen molar-refractivity contribution in [3.8, 4) is 0 Å². The van der Waals surface area contributed by atoms with Crippen molar-refractivity contribution in [2.75, 3.05) is 6.54 Å². The van der Waals surface area contributed by atoms with Gasteiger partial charge in [0.2, 0.25) is 21.8 Å². The van der Waals surface area contributed by atoms with Crippen molar-refractivity contribution in [1.29, 1.82) is 0 Å². The van der Waals surface area contributed by atoms with E-state index in [2.05, 4.69) is 5.32 Å². The molecule has 1 fully saturated rings. The van der Waals surface area contributed by atoms with Gasteiger partial charge in [-0.15, -0.1) is 0 Å². The maximum Gasteiger partial charge on any atom is 0.238 e. The van der Waals surface area contributed by atoms with E-state index in [1.54, 1.807) is 42.4 Å². The highest BCUT2D eigenvalue weighted by Crippen LogP contribution is 2.22. The monoisotopic (exact) mass is 391 g/mol. The second kappa shape index (κ2) is 7.53. The lowest BCUT2D eigenvalue weighted by Gasteiger charge is -2.18. The first-order chi connectivity index (χ1) is 12.7. The van der Waals surface area contributed by atoms with Gasteiger partial charge in [0.25, 0.3) is 0 Å². The predicted molar refractivity (Wildman–Crippen MR) is 96.6 cm³/mol. The molecular formula is C18H21N3O5S. The summed E-state index contributed by atoms with van der Waals surface area (Å²) in [4.78, 5) is 26.3. The molecule has 2 heterocycles. The van der Waals surface area contributed by atoms with Crippen molar-refractivity contribution in [3.05, 3.63) is 54.0 Å². The SMILES string of the molecule is CC(NC(=O)C1CC(=O)N(Cc2ccco2)C1)c1ccc(S(N)(=O)=O)cc1. The topological polar surface area (TPSA) is 123 Å². The second-order valence-electron chi connectivity index (χ2n) is 6.60. The smallest absolute Gasteiger partial charge is 0.238 e. The number of carbonyl (C=O) groups is 2. The Kier molecular flexibility index (Phi) is 5.33. The molecule has 27 heavy (non-hydrogen) atoms. The molecule has 1 aliphatic heterocycles. The van der Waals surface area contributed by atoms with Crippen molar-refractivity contribution >= 4 is 21.8 Å². The number of benzene rings is 1. The van der Waals surface area contributed by atoms with E-state index >= 15 is 0 Å². The standard InChI is InChI=1S/C18H21N3O5S/c1-12(13-4-6-16(7-5-13)27(19,24)25)20-18(23)14-9-17(22)21(10-14)11-15-3-2-8-26-15/h2-8,12,14H,9-11H2,1H3,(H,20,23)(H2,19,24,25). The van der Waals surface area contributed by atoms with Gasteiger partial charge in [0.15, 0.2) is 0 Å². The zero-order chi connectivity index (χ0) is 19.6. The van der Waals surface area contributed by atoms with Gasteiger partial charge in [0.1, 0.15) is 5.76 Å². The van der Waals surface area contributed by atoms with Gasteiger partial charge in [-0.1, -0.05) is 12.1 Å². The average molecular weight is 391 g/mol. The van der Waals surface area contributed by atoms with Gasteiger partial charge in [-0.05, 0) is 36.8 Å². The maximum atomic E-state index is 12.5. The van der Waals surface area contributed by atoms with Crippen LogP contribution in [0.1, 0.15) is 30.7 Å². The Morgan fingerprint density at radius 2 is 2.04 bits per heavy atom. The fourth-order valence-corrected chi connectivity index (χ4v) is 3.57. The Hall–Kier alpha value is -2.65. The summed E-state index contributed by atoms with van der Waals surface area (Å²) in [6.45, 7) is 2.48. The van der Waals surface area contributed by atoms with Crippen LogP contribution in [0.3, 0.4) is 0 Å². The molecule has 0 spiro atoms. The number of nitrogens with one attached hydrogen (secondary N) is 1. The van der Waals surface area contributed by atoms with E-state index in [0.29, 0.717) is 18.8 Å². The molecule has 2 atom stereocenters. The van der Waals surface area contributed by atoms with Crippen LogP contribution in [0.15, 0.2) is 52.0 Å². The van der Waals surface area contributed by atoms with Crippen molar-refractivity contribution in [3.63, 3.8) is 0 Å². The van der Waals surface area contributed by atoms with E-state index in [0.717, 1.165) is 5.56 Å². The number of carbonyl (C=O) groups excluding carboxylic acids is 2. The van der Waals surface area contributed by atoms with Gasteiger partial charge >= 0.3 is 0 Å².